The van der Waals surface area contributed by atoms with Crippen LogP contribution in [0.4, 0.5) is 0 Å². The van der Waals surface area contributed by atoms with Gasteiger partial charge in [-0.15, -0.1) is 0 Å². The van der Waals surface area contributed by atoms with E-state index in [2.05, 4.69) is 197 Å². The number of para-hydroxylation sites is 2. The van der Waals surface area contributed by atoms with Crippen molar-refractivity contribution in [2.45, 2.75) is 0 Å². The number of nitrogens with zero attached hydrogens (tertiary/aromatic N) is 4. The Morgan fingerprint density at radius 2 is 0.911 bits per heavy atom. The Kier molecular flexibility index (Phi) is 7.46. The first-order valence-corrected chi connectivity index (χ1v) is 19.0. The average Bonchev–Trinajstić information content (AvgIpc) is 3.79. The highest BCUT2D eigenvalue weighted by molar-refractivity contribution is 6.12. The molecule has 56 heavy (non-hydrogen) atoms. The van der Waals surface area contributed by atoms with Gasteiger partial charge >= 0.3 is 0 Å². The first kappa shape index (κ1) is 31.9. The Morgan fingerprint density at radius 1 is 0.304 bits per heavy atom. The lowest BCUT2D eigenvalue weighted by molar-refractivity contribution is 1.13. The van der Waals surface area contributed by atoms with E-state index in [0.717, 1.165) is 72.5 Å². The Bertz CT molecular complexity index is 3170. The SMILES string of the molecule is c1ccc(-c2cc(-c3ccccc3)nc(-c3cccc(-n4c5ccc(-c6ccc7c8ccccc8n(-c8ccccc8)c7c6)cc5c5cccnc54)c3)c2)cc1. The highest BCUT2D eigenvalue weighted by atomic mass is 15.0. The number of hydrogen-bond acceptors (Lipinski definition) is 2. The molecule has 0 saturated heterocycles. The second-order valence-corrected chi connectivity index (χ2v) is 14.3. The average molecular weight is 715 g/mol. The molecule has 7 aromatic carbocycles. The molecule has 0 atom stereocenters. The molecule has 0 spiro atoms. The lowest BCUT2D eigenvalue weighted by atomic mass is 10.00. The molecule has 0 aliphatic carbocycles. The summed E-state index contributed by atoms with van der Waals surface area (Å²) in [5.74, 6) is 0. The minimum absolute atomic E-state index is 0.923. The third kappa shape index (κ3) is 5.31. The molecule has 0 unspecified atom stereocenters. The number of benzene rings is 7. The van der Waals surface area contributed by atoms with Crippen molar-refractivity contribution in [2.24, 2.45) is 0 Å². The maximum Gasteiger partial charge on any atom is 0.145 e. The van der Waals surface area contributed by atoms with Gasteiger partial charge in [-0.3, -0.25) is 4.57 Å². The molecule has 0 amide bonds. The third-order valence-electron chi connectivity index (χ3n) is 10.9. The van der Waals surface area contributed by atoms with E-state index in [9.17, 15) is 0 Å². The van der Waals surface area contributed by atoms with E-state index in [1.54, 1.807) is 0 Å². The quantitative estimate of drug-likeness (QED) is 0.172. The molecular formula is C52H34N4. The van der Waals surface area contributed by atoms with Gasteiger partial charge in [-0.05, 0) is 95.1 Å². The molecule has 11 rings (SSSR count). The van der Waals surface area contributed by atoms with Crippen LogP contribution in [0.3, 0.4) is 0 Å². The van der Waals surface area contributed by atoms with Gasteiger partial charge in [0.05, 0.1) is 27.9 Å². The zero-order chi connectivity index (χ0) is 37.0. The van der Waals surface area contributed by atoms with Crippen LogP contribution in [0.25, 0.3) is 99.9 Å². The molecule has 0 radical (unpaired) electrons. The number of pyridine rings is 2. The van der Waals surface area contributed by atoms with Gasteiger partial charge in [-0.1, -0.05) is 127 Å². The summed E-state index contributed by atoms with van der Waals surface area (Å²) in [6.07, 6.45) is 1.88. The second-order valence-electron chi connectivity index (χ2n) is 14.3. The molecule has 0 aliphatic heterocycles. The molecule has 4 heteroatoms. The molecule has 0 saturated carbocycles. The molecule has 4 nitrogen and oxygen atoms in total. The van der Waals surface area contributed by atoms with Gasteiger partial charge in [0, 0.05) is 50.2 Å². The van der Waals surface area contributed by atoms with Crippen LogP contribution in [0.2, 0.25) is 0 Å². The van der Waals surface area contributed by atoms with E-state index in [-0.39, 0.29) is 0 Å². The Hall–Kier alpha value is -7.56. The van der Waals surface area contributed by atoms with Gasteiger partial charge in [0.1, 0.15) is 5.65 Å². The van der Waals surface area contributed by atoms with Crippen LogP contribution in [0, 0.1) is 0 Å². The van der Waals surface area contributed by atoms with Crippen LogP contribution < -0.4 is 0 Å². The summed E-state index contributed by atoms with van der Waals surface area (Å²) >= 11 is 0. The van der Waals surface area contributed by atoms with Gasteiger partial charge in [-0.2, -0.15) is 0 Å². The molecule has 4 heterocycles. The van der Waals surface area contributed by atoms with Crippen molar-refractivity contribution < 1.29 is 0 Å². The maximum absolute atomic E-state index is 5.23. The molecular weight excluding hydrogens is 681 g/mol. The van der Waals surface area contributed by atoms with E-state index < -0.39 is 0 Å². The summed E-state index contributed by atoms with van der Waals surface area (Å²) < 4.78 is 4.66. The minimum Gasteiger partial charge on any atom is -0.309 e. The lowest BCUT2D eigenvalue weighted by Crippen LogP contribution is -1.97. The minimum atomic E-state index is 0.923. The lowest BCUT2D eigenvalue weighted by Gasteiger charge is -2.13. The molecule has 11 aromatic rings. The first-order chi connectivity index (χ1) is 27.8. The monoisotopic (exact) mass is 714 g/mol. The van der Waals surface area contributed by atoms with E-state index in [1.807, 2.05) is 18.3 Å². The summed E-state index contributed by atoms with van der Waals surface area (Å²) in [5, 5.41) is 4.78. The summed E-state index contributed by atoms with van der Waals surface area (Å²) in [6.45, 7) is 0. The van der Waals surface area contributed by atoms with Crippen LogP contribution >= 0.6 is 0 Å². The van der Waals surface area contributed by atoms with Crippen LogP contribution in [0.15, 0.2) is 206 Å². The third-order valence-corrected chi connectivity index (χ3v) is 10.9. The van der Waals surface area contributed by atoms with Gasteiger partial charge in [0.25, 0.3) is 0 Å². The number of rotatable bonds is 6. The Labute approximate surface area is 324 Å². The van der Waals surface area contributed by atoms with Crippen molar-refractivity contribution in [1.82, 2.24) is 19.1 Å². The zero-order valence-corrected chi connectivity index (χ0v) is 30.4. The van der Waals surface area contributed by atoms with E-state index in [4.69, 9.17) is 9.97 Å². The Balaban J connectivity index is 1.06. The van der Waals surface area contributed by atoms with Crippen LogP contribution in [-0.2, 0) is 0 Å². The number of hydrogen-bond donors (Lipinski definition) is 0. The van der Waals surface area contributed by atoms with E-state index in [0.29, 0.717) is 0 Å². The standard InChI is InChI=1S/C52H34N4/c1-4-14-35(15-5-1)40-32-47(36-16-6-2-7-17-36)54-48(33-40)39-18-12-21-42(30-39)56-50-28-26-37(31-46(50)45-23-13-29-53-52(45)56)38-25-27-44-43-22-10-11-24-49(43)55(51(44)34-38)41-19-8-3-9-20-41/h1-34H. The van der Waals surface area contributed by atoms with Crippen LogP contribution in [0.1, 0.15) is 0 Å². The highest BCUT2D eigenvalue weighted by Gasteiger charge is 2.18. The normalized spacial score (nSPS) is 11.6. The predicted octanol–water partition coefficient (Wildman–Crippen LogP) is 13.3. The van der Waals surface area contributed by atoms with Crippen molar-refractivity contribution in [3.63, 3.8) is 0 Å². The molecule has 0 bridgehead atoms. The first-order valence-electron chi connectivity index (χ1n) is 19.0. The van der Waals surface area contributed by atoms with Gasteiger partial charge in [-0.25, -0.2) is 9.97 Å². The summed E-state index contributed by atoms with van der Waals surface area (Å²) in [4.78, 5) is 10.2. The zero-order valence-electron chi connectivity index (χ0n) is 30.4. The van der Waals surface area contributed by atoms with Crippen LogP contribution in [0.5, 0.6) is 0 Å². The smallest absolute Gasteiger partial charge is 0.145 e. The van der Waals surface area contributed by atoms with Crippen LogP contribution in [-0.4, -0.2) is 19.1 Å². The Morgan fingerprint density at radius 3 is 1.73 bits per heavy atom. The maximum atomic E-state index is 5.23. The fourth-order valence-corrected chi connectivity index (χ4v) is 8.33. The number of fused-ring (bicyclic) bond motifs is 6. The fourth-order valence-electron chi connectivity index (χ4n) is 8.33. The van der Waals surface area contributed by atoms with Crippen molar-refractivity contribution in [2.75, 3.05) is 0 Å². The van der Waals surface area contributed by atoms with Crippen molar-refractivity contribution >= 4 is 43.7 Å². The van der Waals surface area contributed by atoms with Crippen molar-refractivity contribution in [3.05, 3.63) is 206 Å². The van der Waals surface area contributed by atoms with Crippen molar-refractivity contribution in [3.8, 4) is 56.1 Å². The summed E-state index contributed by atoms with van der Waals surface area (Å²) in [5.41, 5.74) is 15.2. The number of aromatic nitrogens is 4. The summed E-state index contributed by atoms with van der Waals surface area (Å²) in [6, 6.07) is 71.2. The van der Waals surface area contributed by atoms with Gasteiger partial charge < -0.3 is 4.57 Å². The summed E-state index contributed by atoms with van der Waals surface area (Å²) in [7, 11) is 0. The van der Waals surface area contributed by atoms with Gasteiger partial charge in [0.15, 0.2) is 0 Å². The molecule has 4 aromatic heterocycles. The molecule has 0 aliphatic rings. The second kappa shape index (κ2) is 13.1. The largest absolute Gasteiger partial charge is 0.309 e. The molecule has 0 fully saturated rings. The van der Waals surface area contributed by atoms with E-state index >= 15 is 0 Å². The fraction of sp³-hybridized carbons (Fsp3) is 0. The van der Waals surface area contributed by atoms with Gasteiger partial charge in [0.2, 0.25) is 0 Å². The van der Waals surface area contributed by atoms with Crippen molar-refractivity contribution in [1.29, 1.82) is 0 Å². The molecule has 0 N–H and O–H groups in total. The highest BCUT2D eigenvalue weighted by Crippen LogP contribution is 2.38. The predicted molar refractivity (Wildman–Crippen MR) is 232 cm³/mol. The van der Waals surface area contributed by atoms with E-state index in [1.165, 1.54) is 27.4 Å². The molecule has 262 valence electrons. The topological polar surface area (TPSA) is 35.6 Å².